The summed E-state index contributed by atoms with van der Waals surface area (Å²) in [6.45, 7) is 3.89. The van der Waals surface area contributed by atoms with Crippen LogP contribution in [0.1, 0.15) is 13.8 Å². The van der Waals surface area contributed by atoms with Crippen LogP contribution in [0.25, 0.3) is 0 Å². The van der Waals surface area contributed by atoms with E-state index in [1.807, 2.05) is 6.92 Å². The minimum Gasteiger partial charge on any atom is -0.322 e. The van der Waals surface area contributed by atoms with E-state index in [0.29, 0.717) is 6.54 Å². The molecule has 0 aliphatic carbocycles. The first-order valence-corrected chi connectivity index (χ1v) is 5.32. The molecule has 7 heteroatoms. The van der Waals surface area contributed by atoms with E-state index >= 15 is 0 Å². The predicted molar refractivity (Wildman–Crippen MR) is 38.8 cm³/mol. The van der Waals surface area contributed by atoms with E-state index in [-0.39, 0.29) is 0 Å². The maximum atomic E-state index is 10.5. The first-order valence-electron chi connectivity index (χ1n) is 4.09. The highest BCUT2D eigenvalue weighted by atomic mass is 35.7. The molecule has 1 aliphatic rings. The number of nitrogens with zero attached hydrogens (tertiary/aromatic N) is 2. The summed E-state index contributed by atoms with van der Waals surface area (Å²) in [6.07, 6.45) is 3.31. The lowest BCUT2D eigenvalue weighted by Gasteiger charge is -2.34. The zero-order chi connectivity index (χ0) is 11.0. The second-order valence-corrected chi connectivity index (χ2v) is 3.99. The molecule has 0 fully saturated rings. The van der Waals surface area contributed by atoms with Crippen molar-refractivity contribution >= 4 is 0 Å². The Kier molecular flexibility index (Phi) is 2.93. The third kappa shape index (κ3) is 2.10. The average molecular weight is 225 g/mol. The van der Waals surface area contributed by atoms with E-state index in [2.05, 4.69) is 4.29 Å². The van der Waals surface area contributed by atoms with Gasteiger partial charge in [-0.25, -0.2) is 0 Å². The Morgan fingerprint density at radius 1 is 1.36 bits per heavy atom. The first kappa shape index (κ1) is 11.5. The molecule has 0 N–H and O–H groups in total. The lowest BCUT2D eigenvalue weighted by molar-refractivity contribution is -1.92. The summed E-state index contributed by atoms with van der Waals surface area (Å²) in [5, 5.41) is 0. The molecule has 0 spiro atoms. The molecule has 0 bridgehead atoms. The van der Waals surface area contributed by atoms with Gasteiger partial charge in [-0.2, -0.15) is 14.0 Å². The van der Waals surface area contributed by atoms with Crippen LogP contribution in [0.4, 0.5) is 0 Å². The van der Waals surface area contributed by atoms with Crippen LogP contribution >= 0.6 is 0 Å². The van der Waals surface area contributed by atoms with Crippen LogP contribution in [0, 0.1) is 10.2 Å². The number of halogens is 1. The molecule has 1 rings (SSSR count). The maximum Gasteiger partial charge on any atom is 0.371 e. The third-order valence-electron chi connectivity index (χ3n) is 2.24. The van der Waals surface area contributed by atoms with Gasteiger partial charge in [-0.05, 0) is 6.92 Å². The molecule has 0 aromatic rings. The van der Waals surface area contributed by atoms with E-state index in [1.165, 1.54) is 11.8 Å². The summed E-state index contributed by atoms with van der Waals surface area (Å²) in [7, 11) is -2.81. The minimum atomic E-state index is -4.44. The second kappa shape index (κ2) is 3.56. The Balaban J connectivity index is 2.81. The van der Waals surface area contributed by atoms with Crippen molar-refractivity contribution in [3.05, 3.63) is 12.4 Å². The molecule has 0 saturated carbocycles. The van der Waals surface area contributed by atoms with Crippen molar-refractivity contribution < 1.29 is 28.5 Å². The molecule has 0 aromatic heterocycles. The molecule has 82 valence electrons. The van der Waals surface area contributed by atoms with E-state index in [0.717, 1.165) is 0 Å². The SMILES string of the molecule is CCN1C=CN(C)C1(C)O[Cl+3]([O-])([O-])[O-]. The molecule has 0 saturated heterocycles. The quantitative estimate of drug-likeness (QED) is 0.519. The number of hydrogen-bond donors (Lipinski definition) is 0. The highest BCUT2D eigenvalue weighted by molar-refractivity contribution is 4.97. The third-order valence-corrected chi connectivity index (χ3v) is 2.72. The van der Waals surface area contributed by atoms with Gasteiger partial charge in [-0.1, -0.05) is 0 Å². The fourth-order valence-corrected chi connectivity index (χ4v) is 1.89. The normalized spacial score (nSPS) is 27.6. The van der Waals surface area contributed by atoms with Crippen molar-refractivity contribution in [1.82, 2.24) is 9.80 Å². The van der Waals surface area contributed by atoms with Gasteiger partial charge in [0.15, 0.2) is 0 Å². The van der Waals surface area contributed by atoms with Crippen molar-refractivity contribution in [3.63, 3.8) is 0 Å². The van der Waals surface area contributed by atoms with Gasteiger partial charge < -0.3 is 9.80 Å². The van der Waals surface area contributed by atoms with Crippen molar-refractivity contribution in [2.45, 2.75) is 19.7 Å². The Morgan fingerprint density at radius 2 is 1.93 bits per heavy atom. The van der Waals surface area contributed by atoms with Crippen LogP contribution in [0.2, 0.25) is 0 Å². The maximum absolute atomic E-state index is 10.5. The largest absolute Gasteiger partial charge is 0.371 e. The van der Waals surface area contributed by atoms with Crippen LogP contribution in [0.15, 0.2) is 12.4 Å². The number of hydrogen-bond acceptors (Lipinski definition) is 6. The van der Waals surface area contributed by atoms with Crippen molar-refractivity contribution in [1.29, 1.82) is 0 Å². The van der Waals surface area contributed by atoms with Gasteiger partial charge in [0.25, 0.3) is 0 Å². The van der Waals surface area contributed by atoms with Gasteiger partial charge in [-0.15, -0.1) is 0 Å². The molecule has 1 unspecified atom stereocenters. The topological polar surface area (TPSA) is 84.9 Å². The van der Waals surface area contributed by atoms with Crippen LogP contribution in [-0.4, -0.2) is 29.2 Å². The predicted octanol–water partition coefficient (Wildman–Crippen LogP) is -2.69. The monoisotopic (exact) mass is 224 g/mol. The smallest absolute Gasteiger partial charge is 0.322 e. The Labute approximate surface area is 84.7 Å². The fraction of sp³-hybridized carbons (Fsp3) is 0.714. The molecule has 14 heavy (non-hydrogen) atoms. The van der Waals surface area contributed by atoms with Crippen LogP contribution in [0.5, 0.6) is 0 Å². The average Bonchev–Trinajstić information content (AvgIpc) is 2.25. The fourth-order valence-electron chi connectivity index (χ4n) is 1.34. The van der Waals surface area contributed by atoms with E-state index in [9.17, 15) is 14.0 Å². The second-order valence-electron chi connectivity index (χ2n) is 3.08. The molecule has 0 radical (unpaired) electrons. The molecule has 0 amide bonds. The summed E-state index contributed by atoms with van der Waals surface area (Å²) in [5.74, 6) is -1.25. The summed E-state index contributed by atoms with van der Waals surface area (Å²) >= 11 is 0. The summed E-state index contributed by atoms with van der Waals surface area (Å²) in [6, 6.07) is 0. The molecule has 1 atom stereocenters. The lowest BCUT2D eigenvalue weighted by atomic mass is 10.4. The van der Waals surface area contributed by atoms with Crippen LogP contribution < -0.4 is 14.0 Å². The molecule has 1 aliphatic heterocycles. The molecular weight excluding hydrogens is 212 g/mol. The first-order chi connectivity index (χ1) is 6.29. The highest BCUT2D eigenvalue weighted by Gasteiger charge is 2.51. The van der Waals surface area contributed by atoms with Gasteiger partial charge in [0.1, 0.15) is 4.29 Å². The summed E-state index contributed by atoms with van der Waals surface area (Å²) < 4.78 is 36.0. The van der Waals surface area contributed by atoms with Gasteiger partial charge in [0.2, 0.25) is 0 Å². The molecule has 0 aromatic carbocycles. The standard InChI is InChI=1S/C7H13ClN2O4/c1-4-10-6-5-9(3)7(10,2)14-8(11,12)13/h5-6H,4H2,1-3H3. The lowest BCUT2D eigenvalue weighted by Crippen LogP contribution is -2.68. The molecule has 6 nitrogen and oxygen atoms in total. The van der Waals surface area contributed by atoms with Gasteiger partial charge in [0, 0.05) is 32.9 Å². The van der Waals surface area contributed by atoms with Crippen LogP contribution in [-0.2, 0) is 4.29 Å². The van der Waals surface area contributed by atoms with Crippen molar-refractivity contribution in [2.75, 3.05) is 13.6 Å². The highest BCUT2D eigenvalue weighted by Crippen LogP contribution is 2.28. The molecular formula is C7H13ClN2O4. The molecule has 1 heterocycles. The van der Waals surface area contributed by atoms with Gasteiger partial charge >= 0.3 is 5.85 Å². The van der Waals surface area contributed by atoms with Gasteiger partial charge in [-0.3, -0.25) is 0 Å². The van der Waals surface area contributed by atoms with E-state index in [1.54, 1.807) is 24.3 Å². The Bertz CT molecular complexity index is 242. The van der Waals surface area contributed by atoms with Crippen molar-refractivity contribution in [2.24, 2.45) is 0 Å². The van der Waals surface area contributed by atoms with E-state index in [4.69, 9.17) is 0 Å². The van der Waals surface area contributed by atoms with Crippen LogP contribution in [0.3, 0.4) is 0 Å². The zero-order valence-corrected chi connectivity index (χ0v) is 9.02. The van der Waals surface area contributed by atoms with Gasteiger partial charge in [0.05, 0.1) is 10.2 Å². The minimum absolute atomic E-state index is 0.544. The van der Waals surface area contributed by atoms with E-state index < -0.39 is 16.1 Å². The Hall–Kier alpha value is -0.530. The Morgan fingerprint density at radius 3 is 2.36 bits per heavy atom. The zero-order valence-electron chi connectivity index (χ0n) is 8.27. The summed E-state index contributed by atoms with van der Waals surface area (Å²) in [5.41, 5.74) is 0. The summed E-state index contributed by atoms with van der Waals surface area (Å²) in [4.78, 5) is 3.12. The number of rotatable bonds is 3. The van der Waals surface area contributed by atoms with Crippen molar-refractivity contribution in [3.8, 4) is 0 Å².